The summed E-state index contributed by atoms with van der Waals surface area (Å²) in [6.45, 7) is 7.92. The van der Waals surface area contributed by atoms with Gasteiger partial charge in [-0.05, 0) is 68.7 Å². The van der Waals surface area contributed by atoms with Crippen molar-refractivity contribution in [2.45, 2.75) is 45.7 Å². The topological polar surface area (TPSA) is 15.3 Å². The first kappa shape index (κ1) is 14.7. The molecule has 0 radical (unpaired) electrons. The molecular weight excluding hydrogens is 228 g/mol. The van der Waals surface area contributed by atoms with Crippen LogP contribution >= 0.6 is 11.3 Å². The average molecular weight is 254 g/mol. The van der Waals surface area contributed by atoms with Crippen LogP contribution < -0.4 is 5.32 Å². The summed E-state index contributed by atoms with van der Waals surface area (Å²) < 4.78 is 0. The van der Waals surface area contributed by atoms with Crippen LogP contribution in [0.5, 0.6) is 0 Å². The Morgan fingerprint density at radius 3 is 2.88 bits per heavy atom. The van der Waals surface area contributed by atoms with Crippen molar-refractivity contribution in [2.75, 3.05) is 20.1 Å². The summed E-state index contributed by atoms with van der Waals surface area (Å²) in [6.07, 6.45) is 3.78. The molecule has 0 aromatic carbocycles. The van der Waals surface area contributed by atoms with Gasteiger partial charge in [0.15, 0.2) is 0 Å². The molecule has 1 N–H and O–H groups in total. The largest absolute Gasteiger partial charge is 0.317 e. The van der Waals surface area contributed by atoms with Crippen molar-refractivity contribution in [2.24, 2.45) is 0 Å². The van der Waals surface area contributed by atoms with Crippen LogP contribution in [0, 0.1) is 0 Å². The van der Waals surface area contributed by atoms with E-state index in [1.807, 2.05) is 0 Å². The van der Waals surface area contributed by atoms with Crippen molar-refractivity contribution in [1.29, 1.82) is 0 Å². The van der Waals surface area contributed by atoms with E-state index in [-0.39, 0.29) is 0 Å². The second-order valence-electron chi connectivity index (χ2n) is 4.79. The minimum atomic E-state index is 0.665. The van der Waals surface area contributed by atoms with E-state index in [9.17, 15) is 0 Å². The Morgan fingerprint density at radius 1 is 1.41 bits per heavy atom. The van der Waals surface area contributed by atoms with Crippen molar-refractivity contribution >= 4 is 11.3 Å². The van der Waals surface area contributed by atoms with Crippen LogP contribution in [-0.2, 0) is 6.54 Å². The van der Waals surface area contributed by atoms with E-state index in [0.717, 1.165) is 19.6 Å². The maximum atomic E-state index is 3.46. The summed E-state index contributed by atoms with van der Waals surface area (Å²) in [4.78, 5) is 2.45. The monoisotopic (exact) mass is 254 g/mol. The van der Waals surface area contributed by atoms with Crippen LogP contribution in [0.4, 0.5) is 0 Å². The number of nitrogens with one attached hydrogen (secondary N) is 1. The molecule has 0 aliphatic rings. The molecule has 98 valence electrons. The molecule has 2 nitrogen and oxygen atoms in total. The van der Waals surface area contributed by atoms with Gasteiger partial charge in [0.1, 0.15) is 0 Å². The Kier molecular flexibility index (Phi) is 7.49. The molecule has 0 saturated carbocycles. The second-order valence-corrected chi connectivity index (χ2v) is 5.57. The molecule has 1 rings (SSSR count). The number of hydrogen-bond acceptors (Lipinski definition) is 3. The number of thiophene rings is 1. The van der Waals surface area contributed by atoms with Crippen molar-refractivity contribution in [3.63, 3.8) is 0 Å². The third-order valence-corrected chi connectivity index (χ3v) is 3.90. The number of hydrogen-bond donors (Lipinski definition) is 1. The van der Waals surface area contributed by atoms with Gasteiger partial charge in [0.05, 0.1) is 0 Å². The SMILES string of the molecule is CCCNCCCC(C)N(C)Cc1ccsc1. The van der Waals surface area contributed by atoms with Gasteiger partial charge < -0.3 is 5.32 Å². The molecule has 0 spiro atoms. The van der Waals surface area contributed by atoms with Crippen LogP contribution in [0.2, 0.25) is 0 Å². The summed E-state index contributed by atoms with van der Waals surface area (Å²) in [5.41, 5.74) is 1.44. The van der Waals surface area contributed by atoms with Gasteiger partial charge in [-0.2, -0.15) is 11.3 Å². The first-order valence-corrected chi connectivity index (χ1v) is 7.60. The lowest BCUT2D eigenvalue weighted by Crippen LogP contribution is -2.29. The van der Waals surface area contributed by atoms with Gasteiger partial charge in [0.25, 0.3) is 0 Å². The lowest BCUT2D eigenvalue weighted by atomic mass is 10.1. The smallest absolute Gasteiger partial charge is 0.0241 e. The molecule has 0 aliphatic heterocycles. The maximum Gasteiger partial charge on any atom is 0.0241 e. The first-order chi connectivity index (χ1) is 8.24. The highest BCUT2D eigenvalue weighted by atomic mass is 32.1. The number of rotatable bonds is 9. The quantitative estimate of drug-likeness (QED) is 0.680. The Hall–Kier alpha value is -0.380. The van der Waals surface area contributed by atoms with Gasteiger partial charge in [0, 0.05) is 12.6 Å². The van der Waals surface area contributed by atoms with Crippen LogP contribution in [0.1, 0.15) is 38.7 Å². The molecule has 1 atom stereocenters. The predicted octanol–water partition coefficient (Wildman–Crippen LogP) is 3.35. The molecule has 1 aromatic rings. The van der Waals surface area contributed by atoms with Crippen molar-refractivity contribution < 1.29 is 0 Å². The zero-order valence-corrected chi connectivity index (χ0v) is 12.2. The summed E-state index contributed by atoms with van der Waals surface area (Å²) in [7, 11) is 2.22. The minimum Gasteiger partial charge on any atom is -0.317 e. The fourth-order valence-electron chi connectivity index (χ4n) is 1.87. The Labute approximate surface area is 110 Å². The Balaban J connectivity index is 2.11. The molecule has 0 bridgehead atoms. The summed E-state index contributed by atoms with van der Waals surface area (Å²) in [5.74, 6) is 0. The highest BCUT2D eigenvalue weighted by molar-refractivity contribution is 7.07. The standard InChI is InChI=1S/C14H26N2S/c1-4-8-15-9-5-6-13(2)16(3)11-14-7-10-17-12-14/h7,10,12-13,15H,4-6,8-9,11H2,1-3H3. The van der Waals surface area contributed by atoms with E-state index >= 15 is 0 Å². The predicted molar refractivity (Wildman–Crippen MR) is 77.6 cm³/mol. The van der Waals surface area contributed by atoms with E-state index in [4.69, 9.17) is 0 Å². The van der Waals surface area contributed by atoms with E-state index in [2.05, 4.69) is 47.9 Å². The fraction of sp³-hybridized carbons (Fsp3) is 0.714. The van der Waals surface area contributed by atoms with Gasteiger partial charge in [-0.1, -0.05) is 6.92 Å². The summed E-state index contributed by atoms with van der Waals surface area (Å²) in [5, 5.41) is 7.86. The normalized spacial score (nSPS) is 13.2. The van der Waals surface area contributed by atoms with Gasteiger partial charge in [-0.3, -0.25) is 4.90 Å². The molecule has 0 aliphatic carbocycles. The zero-order valence-electron chi connectivity index (χ0n) is 11.4. The highest BCUT2D eigenvalue weighted by Crippen LogP contribution is 2.12. The molecule has 3 heteroatoms. The highest BCUT2D eigenvalue weighted by Gasteiger charge is 2.09. The van der Waals surface area contributed by atoms with E-state index < -0.39 is 0 Å². The van der Waals surface area contributed by atoms with Gasteiger partial charge >= 0.3 is 0 Å². The fourth-order valence-corrected chi connectivity index (χ4v) is 2.53. The van der Waals surface area contributed by atoms with Crippen molar-refractivity contribution in [3.8, 4) is 0 Å². The molecule has 1 unspecified atom stereocenters. The van der Waals surface area contributed by atoms with E-state index in [1.165, 1.54) is 24.8 Å². The first-order valence-electron chi connectivity index (χ1n) is 6.66. The second kappa shape index (κ2) is 8.67. The van der Waals surface area contributed by atoms with Crippen LogP contribution in [-0.4, -0.2) is 31.1 Å². The van der Waals surface area contributed by atoms with Crippen molar-refractivity contribution in [1.82, 2.24) is 10.2 Å². The Bertz CT molecular complexity index is 272. The van der Waals surface area contributed by atoms with E-state index in [0.29, 0.717) is 6.04 Å². The molecule has 0 saturated heterocycles. The molecule has 17 heavy (non-hydrogen) atoms. The van der Waals surface area contributed by atoms with Crippen LogP contribution in [0.3, 0.4) is 0 Å². The lowest BCUT2D eigenvalue weighted by Gasteiger charge is -2.24. The molecule has 1 aromatic heterocycles. The molecule has 0 amide bonds. The average Bonchev–Trinajstić information content (AvgIpc) is 2.81. The Morgan fingerprint density at radius 2 is 2.24 bits per heavy atom. The minimum absolute atomic E-state index is 0.665. The number of nitrogens with zero attached hydrogens (tertiary/aromatic N) is 1. The van der Waals surface area contributed by atoms with Gasteiger partial charge in [-0.25, -0.2) is 0 Å². The van der Waals surface area contributed by atoms with Crippen LogP contribution in [0.15, 0.2) is 16.8 Å². The lowest BCUT2D eigenvalue weighted by molar-refractivity contribution is 0.234. The van der Waals surface area contributed by atoms with Gasteiger partial charge in [-0.15, -0.1) is 0 Å². The van der Waals surface area contributed by atoms with Crippen LogP contribution in [0.25, 0.3) is 0 Å². The van der Waals surface area contributed by atoms with Gasteiger partial charge in [0.2, 0.25) is 0 Å². The molecule has 1 heterocycles. The van der Waals surface area contributed by atoms with E-state index in [1.54, 1.807) is 11.3 Å². The molecule has 0 fully saturated rings. The summed E-state index contributed by atoms with van der Waals surface area (Å²) in [6, 6.07) is 2.88. The zero-order chi connectivity index (χ0) is 12.5. The molecular formula is C14H26N2S. The van der Waals surface area contributed by atoms with Crippen molar-refractivity contribution in [3.05, 3.63) is 22.4 Å². The third-order valence-electron chi connectivity index (χ3n) is 3.17. The third kappa shape index (κ3) is 6.20. The maximum absolute atomic E-state index is 3.46. The summed E-state index contributed by atoms with van der Waals surface area (Å²) >= 11 is 1.78.